The number of benzene rings is 1. The summed E-state index contributed by atoms with van der Waals surface area (Å²) >= 11 is 5.94. The summed E-state index contributed by atoms with van der Waals surface area (Å²) in [6, 6.07) is 7.04. The fraction of sp³-hybridized carbons (Fsp3) is 0.533. The normalized spacial score (nSPS) is 20.5. The molecule has 0 radical (unpaired) electrons. The van der Waals surface area contributed by atoms with E-state index in [0.717, 1.165) is 30.9 Å². The Morgan fingerprint density at radius 2 is 2.26 bits per heavy atom. The molecule has 1 aliphatic rings. The van der Waals surface area contributed by atoms with Crippen molar-refractivity contribution in [3.63, 3.8) is 0 Å². The average Bonchev–Trinajstić information content (AvgIpc) is 2.93. The average molecular weight is 278 g/mol. The first-order valence-electron chi connectivity index (χ1n) is 6.91. The molecule has 0 spiro atoms. The number of likely N-dealkylation sites (N-methyl/N-ethyl adjacent to an activating group) is 1. The summed E-state index contributed by atoms with van der Waals surface area (Å²) in [6.07, 6.45) is 2.04. The molecule has 0 aliphatic carbocycles. The van der Waals surface area contributed by atoms with E-state index in [9.17, 15) is 0 Å². The first kappa shape index (κ1) is 12.9. The van der Waals surface area contributed by atoms with E-state index < -0.39 is 0 Å². The Morgan fingerprint density at radius 3 is 2.95 bits per heavy atom. The van der Waals surface area contributed by atoms with E-state index in [0.29, 0.717) is 11.9 Å². The second kappa shape index (κ2) is 5.14. The van der Waals surface area contributed by atoms with Crippen LogP contribution in [0.15, 0.2) is 18.2 Å². The summed E-state index contributed by atoms with van der Waals surface area (Å²) in [5.74, 6) is 1.76. The van der Waals surface area contributed by atoms with Gasteiger partial charge in [-0.1, -0.05) is 6.07 Å². The summed E-state index contributed by atoms with van der Waals surface area (Å²) in [5.41, 5.74) is 3.65. The van der Waals surface area contributed by atoms with Gasteiger partial charge in [0.25, 0.3) is 0 Å². The fourth-order valence-electron chi connectivity index (χ4n) is 3.04. The number of hydrogen-bond acceptors (Lipinski definition) is 2. The first-order valence-corrected chi connectivity index (χ1v) is 7.44. The smallest absolute Gasteiger partial charge is 0.111 e. The van der Waals surface area contributed by atoms with Gasteiger partial charge in [-0.15, -0.1) is 11.6 Å². The third kappa shape index (κ3) is 2.37. The summed E-state index contributed by atoms with van der Waals surface area (Å²) < 4.78 is 2.42. The number of rotatable bonds is 3. The Hall–Kier alpha value is -1.06. The van der Waals surface area contributed by atoms with Crippen molar-refractivity contribution in [2.24, 2.45) is 0 Å². The van der Waals surface area contributed by atoms with E-state index in [-0.39, 0.29) is 0 Å². The predicted molar refractivity (Wildman–Crippen MR) is 80.0 cm³/mol. The van der Waals surface area contributed by atoms with Gasteiger partial charge in [-0.05, 0) is 44.6 Å². The Labute approximate surface area is 119 Å². The highest BCUT2D eigenvalue weighted by Gasteiger charge is 2.25. The summed E-state index contributed by atoms with van der Waals surface area (Å²) in [6.45, 7) is 4.41. The topological polar surface area (TPSA) is 21.1 Å². The zero-order valence-corrected chi connectivity index (χ0v) is 12.3. The molecule has 2 aromatic rings. The fourth-order valence-corrected chi connectivity index (χ4v) is 3.21. The number of fused-ring (bicyclic) bond motifs is 1. The molecule has 0 bridgehead atoms. The molecule has 0 saturated carbocycles. The maximum Gasteiger partial charge on any atom is 0.111 e. The van der Waals surface area contributed by atoms with E-state index in [1.165, 1.54) is 17.5 Å². The second-order valence-corrected chi connectivity index (χ2v) is 5.91. The lowest BCUT2D eigenvalue weighted by Crippen LogP contribution is -2.18. The van der Waals surface area contributed by atoms with E-state index in [2.05, 4.69) is 41.6 Å². The lowest BCUT2D eigenvalue weighted by molar-refractivity contribution is 0.392. The van der Waals surface area contributed by atoms with E-state index >= 15 is 0 Å². The molecule has 1 aliphatic heterocycles. The van der Waals surface area contributed by atoms with Crippen LogP contribution in [0.25, 0.3) is 11.0 Å². The molecule has 1 aromatic heterocycles. The number of aromatic nitrogens is 2. The van der Waals surface area contributed by atoms with Crippen LogP contribution in [0, 0.1) is 6.92 Å². The molecule has 0 amide bonds. The van der Waals surface area contributed by atoms with Crippen molar-refractivity contribution in [1.82, 2.24) is 14.5 Å². The molecular formula is C15H20ClN3. The third-order valence-electron chi connectivity index (χ3n) is 3.97. The minimum atomic E-state index is 0.537. The van der Waals surface area contributed by atoms with Gasteiger partial charge in [-0.3, -0.25) is 0 Å². The molecule has 3 nitrogen and oxygen atoms in total. The summed E-state index contributed by atoms with van der Waals surface area (Å²) in [4.78, 5) is 7.16. The second-order valence-electron chi connectivity index (χ2n) is 5.53. The van der Waals surface area contributed by atoms with E-state index in [1.54, 1.807) is 0 Å². The van der Waals surface area contributed by atoms with Gasteiger partial charge < -0.3 is 9.47 Å². The van der Waals surface area contributed by atoms with Gasteiger partial charge in [0.15, 0.2) is 0 Å². The molecule has 3 rings (SSSR count). The number of nitrogens with zero attached hydrogens (tertiary/aromatic N) is 3. The highest BCUT2D eigenvalue weighted by atomic mass is 35.5. The number of alkyl halides is 1. The van der Waals surface area contributed by atoms with Gasteiger partial charge in [0, 0.05) is 24.9 Å². The zero-order chi connectivity index (χ0) is 13.4. The van der Waals surface area contributed by atoms with Crippen molar-refractivity contribution in [3.8, 4) is 0 Å². The number of halogens is 1. The largest absolute Gasteiger partial charge is 0.323 e. The molecule has 1 aromatic carbocycles. The lowest BCUT2D eigenvalue weighted by Gasteiger charge is -2.16. The third-order valence-corrected chi connectivity index (χ3v) is 4.16. The number of imidazole rings is 1. The standard InChI is InChI=1S/C15H20ClN3/c1-11-3-4-13-14(9-11)19(15(17-13)5-7-16)12-6-8-18(2)10-12/h3-4,9,12H,5-8,10H2,1-2H3. The summed E-state index contributed by atoms with van der Waals surface area (Å²) in [7, 11) is 2.19. The number of likely N-dealkylation sites (tertiary alicyclic amines) is 1. The van der Waals surface area contributed by atoms with Crippen LogP contribution >= 0.6 is 11.6 Å². The van der Waals surface area contributed by atoms with Gasteiger partial charge >= 0.3 is 0 Å². The first-order chi connectivity index (χ1) is 9.19. The van der Waals surface area contributed by atoms with Crippen molar-refractivity contribution in [3.05, 3.63) is 29.6 Å². The van der Waals surface area contributed by atoms with Crippen LogP contribution in [0.1, 0.15) is 23.9 Å². The van der Waals surface area contributed by atoms with Crippen LogP contribution in [-0.4, -0.2) is 40.5 Å². The van der Waals surface area contributed by atoms with Gasteiger partial charge in [0.1, 0.15) is 5.82 Å². The summed E-state index contributed by atoms with van der Waals surface area (Å²) in [5, 5.41) is 0. The van der Waals surface area contributed by atoms with Crippen LogP contribution in [0.5, 0.6) is 0 Å². The molecule has 102 valence electrons. The van der Waals surface area contributed by atoms with Crippen LogP contribution in [0.2, 0.25) is 0 Å². The quantitative estimate of drug-likeness (QED) is 0.804. The molecule has 0 N–H and O–H groups in total. The van der Waals surface area contributed by atoms with Gasteiger partial charge in [0.05, 0.1) is 11.0 Å². The molecular weight excluding hydrogens is 258 g/mol. The van der Waals surface area contributed by atoms with Crippen LogP contribution < -0.4 is 0 Å². The Bertz CT molecular complexity index is 590. The molecule has 1 atom stereocenters. The Balaban J connectivity index is 2.12. The van der Waals surface area contributed by atoms with Crippen molar-refractivity contribution >= 4 is 22.6 Å². The molecule has 19 heavy (non-hydrogen) atoms. The van der Waals surface area contributed by atoms with Crippen molar-refractivity contribution in [2.75, 3.05) is 26.0 Å². The van der Waals surface area contributed by atoms with Crippen LogP contribution in [-0.2, 0) is 6.42 Å². The molecule has 2 heterocycles. The SMILES string of the molecule is Cc1ccc2nc(CCCl)n(C3CCN(C)C3)c2c1. The maximum atomic E-state index is 5.94. The molecule has 1 saturated heterocycles. The van der Waals surface area contributed by atoms with Crippen LogP contribution in [0.3, 0.4) is 0 Å². The number of aryl methyl sites for hydroxylation is 2. The molecule has 4 heteroatoms. The molecule has 1 fully saturated rings. The van der Waals surface area contributed by atoms with Crippen molar-refractivity contribution in [2.45, 2.75) is 25.8 Å². The van der Waals surface area contributed by atoms with Crippen molar-refractivity contribution in [1.29, 1.82) is 0 Å². The highest BCUT2D eigenvalue weighted by molar-refractivity contribution is 6.17. The molecule has 1 unspecified atom stereocenters. The lowest BCUT2D eigenvalue weighted by atomic mass is 10.2. The monoisotopic (exact) mass is 277 g/mol. The van der Waals surface area contributed by atoms with Crippen molar-refractivity contribution < 1.29 is 0 Å². The van der Waals surface area contributed by atoms with Gasteiger partial charge in [-0.2, -0.15) is 0 Å². The Morgan fingerprint density at radius 1 is 1.42 bits per heavy atom. The minimum Gasteiger partial charge on any atom is -0.323 e. The van der Waals surface area contributed by atoms with Gasteiger partial charge in [-0.25, -0.2) is 4.98 Å². The maximum absolute atomic E-state index is 5.94. The zero-order valence-electron chi connectivity index (χ0n) is 11.6. The Kier molecular flexibility index (Phi) is 3.50. The highest BCUT2D eigenvalue weighted by Crippen LogP contribution is 2.28. The van der Waals surface area contributed by atoms with Gasteiger partial charge in [0.2, 0.25) is 0 Å². The number of hydrogen-bond donors (Lipinski definition) is 0. The van der Waals surface area contributed by atoms with E-state index in [1.807, 2.05) is 0 Å². The van der Waals surface area contributed by atoms with E-state index in [4.69, 9.17) is 16.6 Å². The minimum absolute atomic E-state index is 0.537. The van der Waals surface area contributed by atoms with Crippen LogP contribution in [0.4, 0.5) is 0 Å². The predicted octanol–water partition coefficient (Wildman–Crippen LogP) is 3.00.